The van der Waals surface area contributed by atoms with Gasteiger partial charge in [0.05, 0.1) is 17.5 Å². The Labute approximate surface area is 178 Å². The van der Waals surface area contributed by atoms with E-state index >= 15 is 0 Å². The van der Waals surface area contributed by atoms with Gasteiger partial charge in [-0.25, -0.2) is 0 Å². The Kier molecular flexibility index (Phi) is 6.02. The number of hydrogen-bond donors (Lipinski definition) is 2. The molecule has 6 heteroatoms. The molecule has 0 fully saturated rings. The van der Waals surface area contributed by atoms with E-state index in [1.54, 1.807) is 17.4 Å². The van der Waals surface area contributed by atoms with Gasteiger partial charge in [0, 0.05) is 15.3 Å². The van der Waals surface area contributed by atoms with Gasteiger partial charge in [-0.15, -0.1) is 23.1 Å². The van der Waals surface area contributed by atoms with E-state index in [0.717, 1.165) is 28.2 Å². The van der Waals surface area contributed by atoms with E-state index in [1.165, 1.54) is 17.3 Å². The highest BCUT2D eigenvalue weighted by Crippen LogP contribution is 2.32. The third kappa shape index (κ3) is 4.54. The van der Waals surface area contributed by atoms with Crippen LogP contribution in [0.3, 0.4) is 0 Å². The zero-order chi connectivity index (χ0) is 20.2. The van der Waals surface area contributed by atoms with Gasteiger partial charge >= 0.3 is 0 Å². The normalized spacial score (nSPS) is 14.0. The minimum absolute atomic E-state index is 0.0383. The zero-order valence-corrected chi connectivity index (χ0v) is 17.7. The second-order valence-electron chi connectivity index (χ2n) is 6.96. The maximum absolute atomic E-state index is 13.0. The first kappa shape index (κ1) is 19.7. The summed E-state index contributed by atoms with van der Waals surface area (Å²) in [7, 11) is 0. The second-order valence-corrected chi connectivity index (χ2v) is 8.96. The number of rotatable bonds is 6. The topological polar surface area (TPSA) is 58.2 Å². The van der Waals surface area contributed by atoms with Crippen LogP contribution >= 0.6 is 23.1 Å². The Morgan fingerprint density at radius 2 is 2.00 bits per heavy atom. The lowest BCUT2D eigenvalue weighted by atomic mass is 10.0. The molecule has 0 aliphatic carbocycles. The number of nitrogens with one attached hydrogen (secondary N) is 2. The second kappa shape index (κ2) is 8.84. The summed E-state index contributed by atoms with van der Waals surface area (Å²) in [6.45, 7) is 2.17. The van der Waals surface area contributed by atoms with E-state index in [4.69, 9.17) is 0 Å². The first-order valence-corrected chi connectivity index (χ1v) is 11.5. The number of amides is 2. The van der Waals surface area contributed by atoms with Crippen molar-refractivity contribution < 1.29 is 9.59 Å². The van der Waals surface area contributed by atoms with Crippen LogP contribution < -0.4 is 10.6 Å². The molecule has 2 heterocycles. The van der Waals surface area contributed by atoms with Crippen LogP contribution in [0.4, 0.5) is 5.69 Å². The van der Waals surface area contributed by atoms with Gasteiger partial charge in [0.25, 0.3) is 5.91 Å². The summed E-state index contributed by atoms with van der Waals surface area (Å²) in [6, 6.07) is 17.8. The Morgan fingerprint density at radius 1 is 1.17 bits per heavy atom. The fraction of sp³-hybridized carbons (Fsp3) is 0.217. The molecule has 0 bridgehead atoms. The molecule has 4 rings (SSSR count). The summed E-state index contributed by atoms with van der Waals surface area (Å²) in [4.78, 5) is 26.8. The summed E-state index contributed by atoms with van der Waals surface area (Å²) in [5.41, 5.74) is 3.60. The average Bonchev–Trinajstić information content (AvgIpc) is 3.27. The molecule has 1 aromatic heterocycles. The van der Waals surface area contributed by atoms with E-state index in [2.05, 4.69) is 41.8 Å². The molecule has 1 unspecified atom stereocenters. The average molecular weight is 423 g/mol. The lowest BCUT2D eigenvalue weighted by Gasteiger charge is -2.20. The highest BCUT2D eigenvalue weighted by molar-refractivity contribution is 8.00. The summed E-state index contributed by atoms with van der Waals surface area (Å²) in [5.74, 6) is 0.213. The van der Waals surface area contributed by atoms with Gasteiger partial charge in [0.1, 0.15) is 0 Å². The molecule has 2 aromatic carbocycles. The van der Waals surface area contributed by atoms with Crippen LogP contribution in [0, 0.1) is 0 Å². The molecule has 0 saturated carbocycles. The Hall–Kier alpha value is -2.57. The van der Waals surface area contributed by atoms with Gasteiger partial charge in [-0.1, -0.05) is 43.7 Å². The molecular formula is C23H22N2O2S2. The predicted molar refractivity (Wildman–Crippen MR) is 120 cm³/mol. The Balaban J connectivity index is 1.59. The van der Waals surface area contributed by atoms with Crippen LogP contribution in [-0.4, -0.2) is 17.6 Å². The maximum atomic E-state index is 13.0. The molecule has 4 nitrogen and oxygen atoms in total. The van der Waals surface area contributed by atoms with Crippen LogP contribution in [-0.2, 0) is 11.2 Å². The number of hydrogen-bond acceptors (Lipinski definition) is 4. The third-order valence-electron chi connectivity index (χ3n) is 4.83. The minimum atomic E-state index is -0.210. The van der Waals surface area contributed by atoms with E-state index in [1.807, 2.05) is 29.6 Å². The number of thiophene rings is 1. The van der Waals surface area contributed by atoms with Crippen molar-refractivity contribution in [1.82, 2.24) is 5.32 Å². The minimum Gasteiger partial charge on any atom is -0.340 e. The van der Waals surface area contributed by atoms with Gasteiger partial charge in [-0.05, 0) is 47.2 Å². The molecule has 1 aliphatic rings. The molecule has 0 spiro atoms. The molecule has 2 N–H and O–H groups in total. The van der Waals surface area contributed by atoms with Crippen molar-refractivity contribution in [3.8, 4) is 0 Å². The van der Waals surface area contributed by atoms with Gasteiger partial charge in [-0.2, -0.15) is 0 Å². The molecule has 3 aromatic rings. The molecule has 0 saturated heterocycles. The number of aryl methyl sites for hydroxylation is 1. The molecule has 0 radical (unpaired) electrons. The van der Waals surface area contributed by atoms with E-state index in [-0.39, 0.29) is 17.9 Å². The predicted octanol–water partition coefficient (Wildman–Crippen LogP) is 5.26. The molecular weight excluding hydrogens is 400 g/mol. The standard InChI is InChI=1S/C23H22N2O2S2/c1-2-4-15-6-8-16(9-7-15)22(20-5-3-12-28-20)25-23(27)17-10-11-19-18(13-17)24-21(26)14-29-19/h3,5-13,22H,2,4,14H2,1H3,(H,24,26)(H,25,27). The van der Waals surface area contributed by atoms with Gasteiger partial charge < -0.3 is 10.6 Å². The van der Waals surface area contributed by atoms with Crippen molar-refractivity contribution in [3.63, 3.8) is 0 Å². The first-order chi connectivity index (χ1) is 14.1. The largest absolute Gasteiger partial charge is 0.340 e. The smallest absolute Gasteiger partial charge is 0.252 e. The van der Waals surface area contributed by atoms with Crippen LogP contribution in [0.2, 0.25) is 0 Å². The SMILES string of the molecule is CCCc1ccc(C(NC(=O)c2ccc3c(c2)NC(=O)CS3)c2cccs2)cc1. The van der Waals surface area contributed by atoms with Gasteiger partial charge in [0.15, 0.2) is 0 Å². The number of carbonyl (C=O) groups excluding carboxylic acids is 2. The molecule has 29 heavy (non-hydrogen) atoms. The van der Waals surface area contributed by atoms with E-state index in [9.17, 15) is 9.59 Å². The highest BCUT2D eigenvalue weighted by atomic mass is 32.2. The number of carbonyl (C=O) groups is 2. The highest BCUT2D eigenvalue weighted by Gasteiger charge is 2.21. The number of anilines is 1. The van der Waals surface area contributed by atoms with Gasteiger partial charge in [0.2, 0.25) is 5.91 Å². The summed E-state index contributed by atoms with van der Waals surface area (Å²) in [5, 5.41) is 8.04. The number of fused-ring (bicyclic) bond motifs is 1. The molecule has 2 amide bonds. The van der Waals surface area contributed by atoms with Crippen molar-refractivity contribution in [2.75, 3.05) is 11.1 Å². The Morgan fingerprint density at radius 3 is 2.72 bits per heavy atom. The van der Waals surface area contributed by atoms with Crippen molar-refractivity contribution in [2.45, 2.75) is 30.7 Å². The first-order valence-electron chi connectivity index (χ1n) is 9.64. The van der Waals surface area contributed by atoms with Crippen LogP contribution in [0.25, 0.3) is 0 Å². The van der Waals surface area contributed by atoms with Crippen molar-refractivity contribution >= 4 is 40.6 Å². The third-order valence-corrected chi connectivity index (χ3v) is 6.84. The number of benzene rings is 2. The fourth-order valence-electron chi connectivity index (χ4n) is 3.38. The van der Waals surface area contributed by atoms with Crippen molar-refractivity contribution in [1.29, 1.82) is 0 Å². The Bertz CT molecular complexity index is 1010. The molecule has 1 atom stereocenters. The quantitative estimate of drug-likeness (QED) is 0.569. The summed E-state index contributed by atoms with van der Waals surface area (Å²) >= 11 is 3.11. The summed E-state index contributed by atoms with van der Waals surface area (Å²) in [6.07, 6.45) is 2.16. The maximum Gasteiger partial charge on any atom is 0.252 e. The van der Waals surface area contributed by atoms with Crippen molar-refractivity contribution in [2.24, 2.45) is 0 Å². The van der Waals surface area contributed by atoms with Crippen LogP contribution in [0.1, 0.15) is 45.7 Å². The van der Waals surface area contributed by atoms with Gasteiger partial charge in [-0.3, -0.25) is 9.59 Å². The number of thioether (sulfide) groups is 1. The van der Waals surface area contributed by atoms with Crippen LogP contribution in [0.5, 0.6) is 0 Å². The molecule has 148 valence electrons. The van der Waals surface area contributed by atoms with E-state index < -0.39 is 0 Å². The fourth-order valence-corrected chi connectivity index (χ4v) is 4.97. The monoisotopic (exact) mass is 422 g/mol. The van der Waals surface area contributed by atoms with Crippen molar-refractivity contribution in [3.05, 3.63) is 81.5 Å². The summed E-state index contributed by atoms with van der Waals surface area (Å²) < 4.78 is 0. The lowest BCUT2D eigenvalue weighted by Crippen LogP contribution is -2.29. The van der Waals surface area contributed by atoms with E-state index in [0.29, 0.717) is 17.0 Å². The molecule has 1 aliphatic heterocycles. The lowest BCUT2D eigenvalue weighted by molar-refractivity contribution is -0.113. The van der Waals surface area contributed by atoms with Crippen LogP contribution in [0.15, 0.2) is 64.9 Å². The zero-order valence-electron chi connectivity index (χ0n) is 16.1.